The summed E-state index contributed by atoms with van der Waals surface area (Å²) in [6.07, 6.45) is 0.814. The first kappa shape index (κ1) is 21.9. The van der Waals surface area contributed by atoms with E-state index >= 15 is 0 Å². The topological polar surface area (TPSA) is 49.4 Å². The van der Waals surface area contributed by atoms with Gasteiger partial charge in [0.15, 0.2) is 0 Å². The molecular formula is C22H26ClFN2O2. The molecule has 2 amide bonds. The number of hydrogen-bond acceptors (Lipinski definition) is 2. The van der Waals surface area contributed by atoms with E-state index in [9.17, 15) is 14.0 Å². The van der Waals surface area contributed by atoms with Crippen LogP contribution in [0.3, 0.4) is 0 Å². The molecular weight excluding hydrogens is 379 g/mol. The van der Waals surface area contributed by atoms with Crippen LogP contribution in [-0.2, 0) is 22.6 Å². The van der Waals surface area contributed by atoms with Crippen molar-refractivity contribution in [3.05, 3.63) is 70.5 Å². The molecule has 2 aromatic carbocycles. The second kappa shape index (κ2) is 10.2. The molecule has 2 aromatic rings. The van der Waals surface area contributed by atoms with Crippen molar-refractivity contribution in [2.24, 2.45) is 0 Å². The van der Waals surface area contributed by atoms with Gasteiger partial charge in [-0.1, -0.05) is 54.9 Å². The molecule has 1 N–H and O–H groups in total. The fraction of sp³-hybridized carbons (Fsp3) is 0.364. The highest BCUT2D eigenvalue weighted by Crippen LogP contribution is 2.19. The van der Waals surface area contributed by atoms with Gasteiger partial charge in [-0.25, -0.2) is 4.39 Å². The van der Waals surface area contributed by atoms with Crippen molar-refractivity contribution in [1.29, 1.82) is 0 Å². The molecule has 0 saturated carbocycles. The summed E-state index contributed by atoms with van der Waals surface area (Å²) in [4.78, 5) is 27.1. The summed E-state index contributed by atoms with van der Waals surface area (Å²) in [6.45, 7) is 5.53. The van der Waals surface area contributed by atoms with Crippen molar-refractivity contribution in [3.63, 3.8) is 0 Å². The molecule has 0 saturated heterocycles. The third kappa shape index (κ3) is 5.80. The quantitative estimate of drug-likeness (QED) is 0.710. The fourth-order valence-electron chi connectivity index (χ4n) is 2.76. The molecule has 0 spiro atoms. The zero-order chi connectivity index (χ0) is 20.7. The number of rotatable bonds is 8. The van der Waals surface area contributed by atoms with Gasteiger partial charge >= 0.3 is 0 Å². The zero-order valence-electron chi connectivity index (χ0n) is 16.4. The summed E-state index contributed by atoms with van der Waals surface area (Å²) in [7, 11) is 0. The van der Waals surface area contributed by atoms with Gasteiger partial charge in [-0.05, 0) is 38.0 Å². The molecule has 0 aliphatic carbocycles. The van der Waals surface area contributed by atoms with Crippen LogP contribution in [0.15, 0.2) is 48.5 Å². The van der Waals surface area contributed by atoms with Gasteiger partial charge in [-0.15, -0.1) is 0 Å². The molecule has 0 radical (unpaired) electrons. The third-order valence-electron chi connectivity index (χ3n) is 4.77. The van der Waals surface area contributed by atoms with E-state index in [2.05, 4.69) is 5.32 Å². The van der Waals surface area contributed by atoms with Crippen LogP contribution >= 0.6 is 11.6 Å². The first-order valence-electron chi connectivity index (χ1n) is 9.40. The highest BCUT2D eigenvalue weighted by molar-refractivity contribution is 6.31. The normalized spacial score (nSPS) is 12.9. The molecule has 6 heteroatoms. The molecule has 0 aliphatic heterocycles. The largest absolute Gasteiger partial charge is 0.352 e. The van der Waals surface area contributed by atoms with Crippen LogP contribution in [-0.4, -0.2) is 28.8 Å². The molecule has 150 valence electrons. The van der Waals surface area contributed by atoms with Gasteiger partial charge in [0.1, 0.15) is 11.9 Å². The monoisotopic (exact) mass is 404 g/mol. The number of nitrogens with one attached hydrogen (secondary N) is 1. The molecule has 4 nitrogen and oxygen atoms in total. The van der Waals surface area contributed by atoms with Gasteiger partial charge in [-0.2, -0.15) is 0 Å². The number of hydrogen-bond donors (Lipinski definition) is 1. The third-order valence-corrected chi connectivity index (χ3v) is 5.14. The molecule has 2 unspecified atom stereocenters. The molecule has 0 heterocycles. The van der Waals surface area contributed by atoms with Gasteiger partial charge in [0, 0.05) is 23.2 Å². The standard InChI is InChI=1S/C22H26ClFN2O2/c1-4-15(2)25-22(28)16(3)26(14-18-10-6-8-12-20(18)24)21(27)13-17-9-5-7-11-19(17)23/h5-12,15-16H,4,13-14H2,1-3H3,(H,25,28). The Morgan fingerprint density at radius 2 is 1.68 bits per heavy atom. The minimum atomic E-state index is -0.747. The maximum atomic E-state index is 14.2. The predicted molar refractivity (Wildman–Crippen MR) is 109 cm³/mol. The molecule has 28 heavy (non-hydrogen) atoms. The summed E-state index contributed by atoms with van der Waals surface area (Å²) < 4.78 is 14.2. The zero-order valence-corrected chi connectivity index (χ0v) is 17.2. The Morgan fingerprint density at radius 3 is 2.29 bits per heavy atom. The Hall–Kier alpha value is -2.40. The lowest BCUT2D eigenvalue weighted by Gasteiger charge is -2.30. The molecule has 2 rings (SSSR count). The van der Waals surface area contributed by atoms with Crippen molar-refractivity contribution in [2.45, 2.75) is 52.2 Å². The van der Waals surface area contributed by atoms with Crippen LogP contribution in [0.4, 0.5) is 4.39 Å². The van der Waals surface area contributed by atoms with E-state index in [-0.39, 0.29) is 30.8 Å². The van der Waals surface area contributed by atoms with Crippen LogP contribution in [0.2, 0.25) is 5.02 Å². The Labute approximate surface area is 170 Å². The minimum Gasteiger partial charge on any atom is -0.352 e. The number of carbonyl (C=O) groups excluding carboxylic acids is 2. The van der Waals surface area contributed by atoms with Gasteiger partial charge in [-0.3, -0.25) is 9.59 Å². The highest BCUT2D eigenvalue weighted by atomic mass is 35.5. The van der Waals surface area contributed by atoms with Gasteiger partial charge in [0.05, 0.1) is 6.42 Å². The number of carbonyl (C=O) groups is 2. The Morgan fingerprint density at radius 1 is 1.07 bits per heavy atom. The number of benzene rings is 2. The summed E-state index contributed by atoms with van der Waals surface area (Å²) in [5, 5.41) is 3.37. The summed E-state index contributed by atoms with van der Waals surface area (Å²) in [5.41, 5.74) is 1.03. The molecule has 0 bridgehead atoms. The van der Waals surface area contributed by atoms with Crippen LogP contribution in [0.1, 0.15) is 38.3 Å². The SMILES string of the molecule is CCC(C)NC(=O)C(C)N(Cc1ccccc1F)C(=O)Cc1ccccc1Cl. The lowest BCUT2D eigenvalue weighted by Crippen LogP contribution is -2.50. The lowest BCUT2D eigenvalue weighted by atomic mass is 10.1. The van der Waals surface area contributed by atoms with Crippen LogP contribution in [0.5, 0.6) is 0 Å². The van der Waals surface area contributed by atoms with Crippen molar-refractivity contribution < 1.29 is 14.0 Å². The van der Waals surface area contributed by atoms with Crippen LogP contribution < -0.4 is 5.32 Å². The van der Waals surface area contributed by atoms with Crippen molar-refractivity contribution in [1.82, 2.24) is 10.2 Å². The number of nitrogens with zero attached hydrogens (tertiary/aromatic N) is 1. The minimum absolute atomic E-state index is 0.00501. The number of amides is 2. The highest BCUT2D eigenvalue weighted by Gasteiger charge is 2.27. The van der Waals surface area contributed by atoms with Crippen molar-refractivity contribution in [2.75, 3.05) is 0 Å². The second-order valence-electron chi connectivity index (χ2n) is 6.88. The van der Waals surface area contributed by atoms with E-state index < -0.39 is 11.9 Å². The molecule has 0 aliphatic rings. The van der Waals surface area contributed by atoms with E-state index in [1.54, 1.807) is 49.4 Å². The fourth-order valence-corrected chi connectivity index (χ4v) is 2.97. The smallest absolute Gasteiger partial charge is 0.242 e. The molecule has 0 aromatic heterocycles. The maximum Gasteiger partial charge on any atom is 0.242 e. The van der Waals surface area contributed by atoms with Crippen molar-refractivity contribution in [3.8, 4) is 0 Å². The van der Waals surface area contributed by atoms with E-state index in [0.717, 1.165) is 6.42 Å². The van der Waals surface area contributed by atoms with Gasteiger partial charge in [0.2, 0.25) is 11.8 Å². The number of halogens is 2. The Kier molecular flexibility index (Phi) is 8.00. The van der Waals surface area contributed by atoms with E-state index in [1.807, 2.05) is 13.8 Å². The van der Waals surface area contributed by atoms with Gasteiger partial charge in [0.25, 0.3) is 0 Å². The van der Waals surface area contributed by atoms with E-state index in [1.165, 1.54) is 11.0 Å². The Balaban J connectivity index is 2.26. The average molecular weight is 405 g/mol. The summed E-state index contributed by atoms with van der Waals surface area (Å²) in [6, 6.07) is 12.6. The molecule has 0 fully saturated rings. The van der Waals surface area contributed by atoms with Gasteiger partial charge < -0.3 is 10.2 Å². The first-order chi connectivity index (χ1) is 13.3. The van der Waals surface area contributed by atoms with E-state index in [4.69, 9.17) is 11.6 Å². The lowest BCUT2D eigenvalue weighted by molar-refractivity contribution is -0.140. The summed E-state index contributed by atoms with van der Waals surface area (Å²) >= 11 is 6.18. The first-order valence-corrected chi connectivity index (χ1v) is 9.77. The summed E-state index contributed by atoms with van der Waals surface area (Å²) in [5.74, 6) is -0.964. The van der Waals surface area contributed by atoms with Crippen LogP contribution in [0.25, 0.3) is 0 Å². The van der Waals surface area contributed by atoms with E-state index in [0.29, 0.717) is 16.1 Å². The second-order valence-corrected chi connectivity index (χ2v) is 7.28. The maximum absolute atomic E-state index is 14.2. The Bertz CT molecular complexity index is 828. The van der Waals surface area contributed by atoms with Crippen LogP contribution in [0, 0.1) is 5.82 Å². The average Bonchev–Trinajstić information content (AvgIpc) is 2.68. The predicted octanol–water partition coefficient (Wildman–Crippen LogP) is 4.35. The molecule has 2 atom stereocenters. The van der Waals surface area contributed by atoms with Crippen molar-refractivity contribution >= 4 is 23.4 Å².